The number of fused-ring (bicyclic) bond motifs is 1. The number of aromatic nitrogens is 2. The zero-order chi connectivity index (χ0) is 13.9. The molecule has 3 rings (SSSR count). The Kier molecular flexibility index (Phi) is 3.13. The molecule has 4 nitrogen and oxygen atoms in total. The summed E-state index contributed by atoms with van der Waals surface area (Å²) in [5, 5.41) is 1.94. The zero-order valence-electron chi connectivity index (χ0n) is 10.9. The lowest BCUT2D eigenvalue weighted by atomic mass is 10.00. The van der Waals surface area contributed by atoms with Crippen LogP contribution in [0.25, 0.3) is 10.8 Å². The van der Waals surface area contributed by atoms with Gasteiger partial charge in [0.15, 0.2) is 0 Å². The molecule has 0 fully saturated rings. The van der Waals surface area contributed by atoms with Crippen molar-refractivity contribution in [3.63, 3.8) is 0 Å². The second-order valence-corrected chi connectivity index (χ2v) is 4.30. The van der Waals surface area contributed by atoms with Crippen LogP contribution in [0.4, 0.5) is 0 Å². The van der Waals surface area contributed by atoms with E-state index in [1.54, 1.807) is 12.1 Å². The molecular formula is C16H12N2O2. The first kappa shape index (κ1) is 12.3. The first-order valence-corrected chi connectivity index (χ1v) is 6.18. The summed E-state index contributed by atoms with van der Waals surface area (Å²) in [4.78, 5) is 20.5. The summed E-state index contributed by atoms with van der Waals surface area (Å²) in [5.41, 5.74) is 0.956. The summed E-state index contributed by atoms with van der Waals surface area (Å²) in [6, 6.07) is 15.0. The van der Waals surface area contributed by atoms with E-state index >= 15 is 0 Å². The van der Waals surface area contributed by atoms with E-state index in [9.17, 15) is 4.79 Å². The first-order valence-electron chi connectivity index (χ1n) is 6.18. The fourth-order valence-electron chi connectivity index (χ4n) is 2.14. The third kappa shape index (κ3) is 2.12. The van der Waals surface area contributed by atoms with Crippen LogP contribution in [0.15, 0.2) is 54.9 Å². The average molecular weight is 264 g/mol. The molecule has 0 atom stereocenters. The van der Waals surface area contributed by atoms with E-state index in [1.165, 1.54) is 13.4 Å². The SMILES string of the molecule is COc1cc(C(=O)c2cccc3ccccc23)ncn1. The van der Waals surface area contributed by atoms with Crippen LogP contribution in [0, 0.1) is 0 Å². The van der Waals surface area contributed by atoms with Crippen LogP contribution >= 0.6 is 0 Å². The van der Waals surface area contributed by atoms with Gasteiger partial charge < -0.3 is 4.74 Å². The van der Waals surface area contributed by atoms with Crippen LogP contribution in [0.1, 0.15) is 16.1 Å². The molecule has 98 valence electrons. The lowest BCUT2D eigenvalue weighted by Crippen LogP contribution is -2.05. The molecule has 2 aromatic carbocycles. The fraction of sp³-hybridized carbons (Fsp3) is 0.0625. The molecular weight excluding hydrogens is 252 g/mol. The van der Waals surface area contributed by atoms with Gasteiger partial charge in [0.05, 0.1) is 7.11 Å². The molecule has 1 heterocycles. The number of rotatable bonds is 3. The molecule has 0 N–H and O–H groups in total. The van der Waals surface area contributed by atoms with Gasteiger partial charge in [0.2, 0.25) is 11.7 Å². The number of hydrogen-bond acceptors (Lipinski definition) is 4. The van der Waals surface area contributed by atoms with Gasteiger partial charge in [-0.2, -0.15) is 0 Å². The quantitative estimate of drug-likeness (QED) is 0.682. The Labute approximate surface area is 116 Å². The number of ether oxygens (including phenoxy) is 1. The predicted molar refractivity (Wildman–Crippen MR) is 76.0 cm³/mol. The normalized spacial score (nSPS) is 10.4. The highest BCUT2D eigenvalue weighted by molar-refractivity contribution is 6.15. The van der Waals surface area contributed by atoms with E-state index in [0.29, 0.717) is 17.1 Å². The van der Waals surface area contributed by atoms with Crippen molar-refractivity contribution in [3.05, 3.63) is 66.1 Å². The highest BCUT2D eigenvalue weighted by atomic mass is 16.5. The Morgan fingerprint density at radius 2 is 1.85 bits per heavy atom. The molecule has 3 aromatic rings. The number of ketones is 1. The summed E-state index contributed by atoms with van der Waals surface area (Å²) in [6.07, 6.45) is 1.33. The van der Waals surface area contributed by atoms with E-state index in [0.717, 1.165) is 10.8 Å². The number of methoxy groups -OCH3 is 1. The van der Waals surface area contributed by atoms with Crippen molar-refractivity contribution in [2.45, 2.75) is 0 Å². The summed E-state index contributed by atoms with van der Waals surface area (Å²) in [7, 11) is 1.51. The van der Waals surface area contributed by atoms with Gasteiger partial charge in [0.25, 0.3) is 0 Å². The van der Waals surface area contributed by atoms with Crippen LogP contribution in [0.5, 0.6) is 5.88 Å². The molecule has 0 unspecified atom stereocenters. The lowest BCUT2D eigenvalue weighted by molar-refractivity contribution is 0.103. The molecule has 0 aliphatic rings. The highest BCUT2D eigenvalue weighted by Gasteiger charge is 2.14. The first-order chi connectivity index (χ1) is 9.79. The van der Waals surface area contributed by atoms with Gasteiger partial charge in [0, 0.05) is 11.6 Å². The summed E-state index contributed by atoms with van der Waals surface area (Å²) < 4.78 is 5.03. The van der Waals surface area contributed by atoms with Crippen molar-refractivity contribution >= 4 is 16.6 Å². The summed E-state index contributed by atoms with van der Waals surface area (Å²) in [6.45, 7) is 0. The Balaban J connectivity index is 2.12. The minimum absolute atomic E-state index is 0.137. The van der Waals surface area contributed by atoms with Gasteiger partial charge in [0.1, 0.15) is 12.0 Å². The standard InChI is InChI=1S/C16H12N2O2/c1-20-15-9-14(17-10-18-15)16(19)13-8-4-6-11-5-2-3-7-12(11)13/h2-10H,1H3. The molecule has 0 radical (unpaired) electrons. The third-order valence-electron chi connectivity index (χ3n) is 3.12. The topological polar surface area (TPSA) is 52.1 Å². The van der Waals surface area contributed by atoms with E-state index in [-0.39, 0.29) is 5.78 Å². The Bertz CT molecular complexity index is 779. The van der Waals surface area contributed by atoms with Crippen LogP contribution in [0.3, 0.4) is 0 Å². The maximum atomic E-state index is 12.6. The Morgan fingerprint density at radius 3 is 2.70 bits per heavy atom. The van der Waals surface area contributed by atoms with Gasteiger partial charge in [-0.25, -0.2) is 9.97 Å². The van der Waals surface area contributed by atoms with Crippen LogP contribution < -0.4 is 4.74 Å². The largest absolute Gasteiger partial charge is 0.481 e. The minimum atomic E-state index is -0.137. The number of hydrogen-bond donors (Lipinski definition) is 0. The molecule has 0 aliphatic carbocycles. The Morgan fingerprint density at radius 1 is 1.05 bits per heavy atom. The number of nitrogens with zero attached hydrogens (tertiary/aromatic N) is 2. The molecule has 1 aromatic heterocycles. The molecule has 0 spiro atoms. The van der Waals surface area contributed by atoms with Gasteiger partial charge >= 0.3 is 0 Å². The predicted octanol–water partition coefficient (Wildman–Crippen LogP) is 2.87. The van der Waals surface area contributed by atoms with E-state index < -0.39 is 0 Å². The third-order valence-corrected chi connectivity index (χ3v) is 3.12. The second-order valence-electron chi connectivity index (χ2n) is 4.30. The maximum absolute atomic E-state index is 12.6. The van der Waals surface area contributed by atoms with Crippen LogP contribution in [-0.4, -0.2) is 22.9 Å². The van der Waals surface area contributed by atoms with Crippen molar-refractivity contribution in [3.8, 4) is 5.88 Å². The fourth-order valence-corrected chi connectivity index (χ4v) is 2.14. The van der Waals surface area contributed by atoms with Crippen molar-refractivity contribution in [2.75, 3.05) is 7.11 Å². The summed E-state index contributed by atoms with van der Waals surface area (Å²) >= 11 is 0. The second kappa shape index (κ2) is 5.09. The molecule has 0 amide bonds. The van der Waals surface area contributed by atoms with Crippen LogP contribution in [-0.2, 0) is 0 Å². The Hall–Kier alpha value is -2.75. The van der Waals surface area contributed by atoms with Crippen molar-refractivity contribution in [1.29, 1.82) is 0 Å². The maximum Gasteiger partial charge on any atom is 0.216 e. The average Bonchev–Trinajstić information content (AvgIpc) is 2.53. The van der Waals surface area contributed by atoms with E-state index in [2.05, 4.69) is 9.97 Å². The van der Waals surface area contributed by atoms with E-state index in [4.69, 9.17) is 4.74 Å². The molecule has 0 saturated carbocycles. The molecule has 0 aliphatic heterocycles. The van der Waals surface area contributed by atoms with Crippen molar-refractivity contribution in [1.82, 2.24) is 9.97 Å². The minimum Gasteiger partial charge on any atom is -0.481 e. The van der Waals surface area contributed by atoms with Gasteiger partial charge in [-0.3, -0.25) is 4.79 Å². The zero-order valence-corrected chi connectivity index (χ0v) is 10.9. The number of benzene rings is 2. The van der Waals surface area contributed by atoms with Crippen molar-refractivity contribution in [2.24, 2.45) is 0 Å². The molecule has 0 saturated heterocycles. The van der Waals surface area contributed by atoms with Gasteiger partial charge in [-0.15, -0.1) is 0 Å². The molecule has 20 heavy (non-hydrogen) atoms. The van der Waals surface area contributed by atoms with Crippen LogP contribution in [0.2, 0.25) is 0 Å². The highest BCUT2D eigenvalue weighted by Crippen LogP contribution is 2.21. The number of carbonyl (C=O) groups excluding carboxylic acids is 1. The molecule has 4 heteroatoms. The van der Waals surface area contributed by atoms with E-state index in [1.807, 2.05) is 36.4 Å². The summed E-state index contributed by atoms with van der Waals surface area (Å²) in [5.74, 6) is 0.242. The van der Waals surface area contributed by atoms with Gasteiger partial charge in [-0.1, -0.05) is 42.5 Å². The smallest absolute Gasteiger partial charge is 0.216 e. The molecule has 0 bridgehead atoms. The monoisotopic (exact) mass is 264 g/mol. The van der Waals surface area contributed by atoms with Crippen molar-refractivity contribution < 1.29 is 9.53 Å². The lowest BCUT2D eigenvalue weighted by Gasteiger charge is -2.06. The number of carbonyl (C=O) groups is 1. The van der Waals surface area contributed by atoms with Gasteiger partial charge in [-0.05, 0) is 10.8 Å².